The summed E-state index contributed by atoms with van der Waals surface area (Å²) >= 11 is 0. The Hall–Kier alpha value is -4.00. The van der Waals surface area contributed by atoms with Gasteiger partial charge in [0.2, 0.25) is 0 Å². The third-order valence-corrected chi connectivity index (χ3v) is 5.24. The predicted molar refractivity (Wildman–Crippen MR) is 118 cm³/mol. The van der Waals surface area contributed by atoms with E-state index in [0.29, 0.717) is 29.9 Å². The molecule has 0 radical (unpaired) electrons. The number of pyridine rings is 1. The van der Waals surface area contributed by atoms with Crippen LogP contribution in [0.15, 0.2) is 72.0 Å². The molecule has 3 aromatic heterocycles. The number of anilines is 1. The van der Waals surface area contributed by atoms with Gasteiger partial charge in [-0.3, -0.25) is 9.36 Å². The molecule has 0 saturated heterocycles. The van der Waals surface area contributed by atoms with E-state index in [1.165, 1.54) is 6.33 Å². The van der Waals surface area contributed by atoms with Gasteiger partial charge in [-0.25, -0.2) is 15.0 Å². The molecule has 148 valence electrons. The first kappa shape index (κ1) is 18.1. The Morgan fingerprint density at radius 3 is 2.77 bits per heavy atom. The minimum Gasteiger partial charge on any atom is -0.368 e. The molecule has 0 fully saturated rings. The number of hydrogen-bond donors (Lipinski definition) is 2. The van der Waals surface area contributed by atoms with Gasteiger partial charge in [-0.15, -0.1) is 0 Å². The van der Waals surface area contributed by atoms with Crippen molar-refractivity contribution in [3.63, 3.8) is 0 Å². The van der Waals surface area contributed by atoms with Crippen molar-refractivity contribution in [2.24, 2.45) is 0 Å². The van der Waals surface area contributed by atoms with E-state index in [1.807, 2.05) is 55.5 Å². The third kappa shape index (κ3) is 3.10. The van der Waals surface area contributed by atoms with Gasteiger partial charge in [0.15, 0.2) is 11.5 Å². The van der Waals surface area contributed by atoms with Gasteiger partial charge in [0.25, 0.3) is 5.56 Å². The second kappa shape index (κ2) is 7.44. The van der Waals surface area contributed by atoms with E-state index < -0.39 is 0 Å². The molecule has 0 spiro atoms. The SMILES string of the molecule is Cc1cccc2cc(CCNc3ncnc4[nH]cnc34)n(-c3ccccc3)c(=O)c12. The highest BCUT2D eigenvalue weighted by Gasteiger charge is 2.13. The van der Waals surface area contributed by atoms with Gasteiger partial charge < -0.3 is 10.3 Å². The van der Waals surface area contributed by atoms with Crippen LogP contribution in [0, 0.1) is 6.92 Å². The average Bonchev–Trinajstić information content (AvgIpc) is 3.24. The van der Waals surface area contributed by atoms with E-state index in [2.05, 4.69) is 31.3 Å². The molecule has 0 saturated carbocycles. The maximum Gasteiger partial charge on any atom is 0.263 e. The molecule has 0 aliphatic carbocycles. The lowest BCUT2D eigenvalue weighted by Gasteiger charge is -2.16. The van der Waals surface area contributed by atoms with E-state index >= 15 is 0 Å². The van der Waals surface area contributed by atoms with E-state index in [-0.39, 0.29) is 5.56 Å². The van der Waals surface area contributed by atoms with Crippen molar-refractivity contribution in [2.45, 2.75) is 13.3 Å². The highest BCUT2D eigenvalue weighted by molar-refractivity contribution is 5.85. The minimum atomic E-state index is 0.00327. The van der Waals surface area contributed by atoms with Crippen molar-refractivity contribution in [3.8, 4) is 5.69 Å². The van der Waals surface area contributed by atoms with Crippen molar-refractivity contribution < 1.29 is 0 Å². The number of aromatic nitrogens is 5. The van der Waals surface area contributed by atoms with Crippen molar-refractivity contribution >= 4 is 27.8 Å². The Labute approximate surface area is 172 Å². The molecule has 2 N–H and O–H groups in total. The Morgan fingerprint density at radius 1 is 1.03 bits per heavy atom. The van der Waals surface area contributed by atoms with Crippen LogP contribution in [-0.4, -0.2) is 31.0 Å². The van der Waals surface area contributed by atoms with E-state index in [9.17, 15) is 4.79 Å². The first-order chi connectivity index (χ1) is 14.7. The molecular formula is C23H20N6O. The number of para-hydroxylation sites is 1. The average molecular weight is 396 g/mol. The zero-order chi connectivity index (χ0) is 20.5. The van der Waals surface area contributed by atoms with Crippen LogP contribution in [0.3, 0.4) is 0 Å². The maximum absolute atomic E-state index is 13.5. The summed E-state index contributed by atoms with van der Waals surface area (Å²) < 4.78 is 1.81. The van der Waals surface area contributed by atoms with Gasteiger partial charge in [-0.2, -0.15) is 0 Å². The highest BCUT2D eigenvalue weighted by atomic mass is 16.1. The lowest BCUT2D eigenvalue weighted by atomic mass is 10.0. The predicted octanol–water partition coefficient (Wildman–Crippen LogP) is 3.62. The fourth-order valence-electron chi connectivity index (χ4n) is 3.84. The fourth-order valence-corrected chi connectivity index (χ4v) is 3.84. The monoisotopic (exact) mass is 396 g/mol. The molecule has 5 rings (SSSR count). The molecule has 0 atom stereocenters. The highest BCUT2D eigenvalue weighted by Crippen LogP contribution is 2.20. The smallest absolute Gasteiger partial charge is 0.263 e. The maximum atomic E-state index is 13.5. The largest absolute Gasteiger partial charge is 0.368 e. The van der Waals surface area contributed by atoms with Gasteiger partial charge in [0.05, 0.1) is 11.7 Å². The molecular weight excluding hydrogens is 376 g/mol. The topological polar surface area (TPSA) is 88.5 Å². The summed E-state index contributed by atoms with van der Waals surface area (Å²) in [7, 11) is 0. The van der Waals surface area contributed by atoms with Crippen LogP contribution in [0.2, 0.25) is 0 Å². The van der Waals surface area contributed by atoms with Crippen molar-refractivity contribution in [3.05, 3.63) is 88.9 Å². The molecule has 2 aromatic carbocycles. The summed E-state index contributed by atoms with van der Waals surface area (Å²) in [5, 5.41) is 5.04. The molecule has 0 bridgehead atoms. The number of nitrogens with one attached hydrogen (secondary N) is 2. The van der Waals surface area contributed by atoms with Gasteiger partial charge in [0, 0.05) is 24.3 Å². The first-order valence-corrected chi connectivity index (χ1v) is 9.80. The first-order valence-electron chi connectivity index (χ1n) is 9.80. The molecule has 5 aromatic rings. The molecule has 7 heteroatoms. The Bertz CT molecular complexity index is 1400. The zero-order valence-corrected chi connectivity index (χ0v) is 16.5. The number of hydrogen-bond acceptors (Lipinski definition) is 5. The standard InChI is InChI=1S/C23H20N6O/c1-15-6-5-7-16-12-18(29(23(30)19(15)16)17-8-3-2-4-9-17)10-11-24-21-20-22(26-13-25-20)28-14-27-21/h2-9,12-14H,10-11H2,1H3,(H2,24,25,26,27,28). The molecule has 0 aliphatic rings. The molecule has 3 heterocycles. The van der Waals surface area contributed by atoms with E-state index in [0.717, 1.165) is 27.7 Å². The van der Waals surface area contributed by atoms with Gasteiger partial charge >= 0.3 is 0 Å². The summed E-state index contributed by atoms with van der Waals surface area (Å²) in [5.74, 6) is 0.673. The molecule has 0 amide bonds. The van der Waals surface area contributed by atoms with Gasteiger partial charge in [-0.05, 0) is 36.1 Å². The van der Waals surface area contributed by atoms with Crippen LogP contribution >= 0.6 is 0 Å². The van der Waals surface area contributed by atoms with Gasteiger partial charge in [-0.1, -0.05) is 36.4 Å². The summed E-state index contributed by atoms with van der Waals surface area (Å²) in [6.07, 6.45) is 3.74. The van der Waals surface area contributed by atoms with Crippen molar-refractivity contribution in [1.82, 2.24) is 24.5 Å². The lowest BCUT2D eigenvalue weighted by Crippen LogP contribution is -2.24. The van der Waals surface area contributed by atoms with Gasteiger partial charge in [0.1, 0.15) is 11.8 Å². The quantitative estimate of drug-likeness (QED) is 0.474. The second-order valence-electron chi connectivity index (χ2n) is 7.15. The van der Waals surface area contributed by atoms with Crippen molar-refractivity contribution in [2.75, 3.05) is 11.9 Å². The Morgan fingerprint density at radius 2 is 1.90 bits per heavy atom. The Kier molecular flexibility index (Phi) is 4.48. The number of nitrogens with zero attached hydrogens (tertiary/aromatic N) is 4. The second-order valence-corrected chi connectivity index (χ2v) is 7.15. The summed E-state index contributed by atoms with van der Waals surface area (Å²) in [4.78, 5) is 29.2. The zero-order valence-electron chi connectivity index (χ0n) is 16.5. The third-order valence-electron chi connectivity index (χ3n) is 5.24. The summed E-state index contributed by atoms with van der Waals surface area (Å²) in [6.45, 7) is 2.58. The van der Waals surface area contributed by atoms with Crippen LogP contribution < -0.4 is 10.9 Å². The summed E-state index contributed by atoms with van der Waals surface area (Å²) in [5.41, 5.74) is 4.17. The number of rotatable bonds is 5. The molecule has 7 nitrogen and oxygen atoms in total. The van der Waals surface area contributed by atoms with Crippen LogP contribution in [0.5, 0.6) is 0 Å². The van der Waals surface area contributed by atoms with Crippen molar-refractivity contribution in [1.29, 1.82) is 0 Å². The molecule has 30 heavy (non-hydrogen) atoms. The summed E-state index contributed by atoms with van der Waals surface area (Å²) in [6, 6.07) is 17.8. The number of imidazole rings is 1. The van der Waals surface area contributed by atoms with Crippen LogP contribution in [0.4, 0.5) is 5.82 Å². The number of fused-ring (bicyclic) bond motifs is 2. The number of aromatic amines is 1. The van der Waals surface area contributed by atoms with Crippen LogP contribution in [-0.2, 0) is 6.42 Å². The van der Waals surface area contributed by atoms with Crippen LogP contribution in [0.25, 0.3) is 27.6 Å². The fraction of sp³-hybridized carbons (Fsp3) is 0.130. The normalized spacial score (nSPS) is 11.2. The number of H-pyrrole nitrogens is 1. The molecule has 0 unspecified atom stereocenters. The van der Waals surface area contributed by atoms with E-state index in [1.54, 1.807) is 10.9 Å². The van der Waals surface area contributed by atoms with E-state index in [4.69, 9.17) is 0 Å². The minimum absolute atomic E-state index is 0.00327. The van der Waals surface area contributed by atoms with Crippen LogP contribution in [0.1, 0.15) is 11.3 Å². The Balaban J connectivity index is 1.54. The number of aryl methyl sites for hydroxylation is 1. The molecule has 0 aliphatic heterocycles. The number of benzene rings is 2. The lowest BCUT2D eigenvalue weighted by molar-refractivity contribution is 0.858.